The van der Waals surface area contributed by atoms with Crippen LogP contribution in [0.1, 0.15) is 24.1 Å². The second kappa shape index (κ2) is 6.01. The lowest BCUT2D eigenvalue weighted by atomic mass is 10.1. The van der Waals surface area contributed by atoms with Crippen LogP contribution in [0.15, 0.2) is 24.3 Å². The molecule has 0 aliphatic carbocycles. The maximum absolute atomic E-state index is 12.3. The van der Waals surface area contributed by atoms with Crippen LogP contribution in [0.3, 0.4) is 0 Å². The minimum atomic E-state index is -4.73. The first kappa shape index (κ1) is 16.8. The van der Waals surface area contributed by atoms with Crippen molar-refractivity contribution >= 4 is 0 Å². The van der Waals surface area contributed by atoms with Gasteiger partial charge in [0.2, 0.25) is 0 Å². The van der Waals surface area contributed by atoms with Gasteiger partial charge >= 0.3 is 12.4 Å². The monoisotopic (exact) mass is 301 g/mol. The zero-order valence-corrected chi connectivity index (χ0v) is 10.4. The van der Waals surface area contributed by atoms with E-state index in [0.29, 0.717) is 5.56 Å². The van der Waals surface area contributed by atoms with Crippen LogP contribution in [0.2, 0.25) is 0 Å². The van der Waals surface area contributed by atoms with E-state index in [1.807, 2.05) is 0 Å². The van der Waals surface area contributed by atoms with E-state index < -0.39 is 36.6 Å². The summed E-state index contributed by atoms with van der Waals surface area (Å²) in [5.41, 5.74) is -0.434. The summed E-state index contributed by atoms with van der Waals surface area (Å²) in [7, 11) is 0. The normalized spacial score (nSPS) is 16.0. The third-order valence-corrected chi connectivity index (χ3v) is 2.73. The highest BCUT2D eigenvalue weighted by Crippen LogP contribution is 2.30. The van der Waals surface area contributed by atoms with Gasteiger partial charge in [0.1, 0.15) is 0 Å². The average Bonchev–Trinajstić information content (AvgIpc) is 2.33. The molecule has 20 heavy (non-hydrogen) atoms. The molecule has 0 saturated carbocycles. The highest BCUT2D eigenvalue weighted by atomic mass is 19.4. The standard InChI is InChI=1S/C12H13F6NO/c1-7(19-6-10(20)12(16,17)18)8-2-4-9(5-3-8)11(13,14)15/h2-5,7,10,19-20H,6H2,1H3. The number of hydrogen-bond donors (Lipinski definition) is 2. The number of hydrogen-bond acceptors (Lipinski definition) is 2. The SMILES string of the molecule is CC(NCC(O)C(F)(F)F)c1ccc(C(F)(F)F)cc1. The second-order valence-corrected chi connectivity index (χ2v) is 4.31. The summed E-state index contributed by atoms with van der Waals surface area (Å²) < 4.78 is 73.2. The predicted molar refractivity (Wildman–Crippen MR) is 59.9 cm³/mol. The molecular formula is C12H13F6NO. The van der Waals surface area contributed by atoms with E-state index in [4.69, 9.17) is 5.11 Å². The number of halogens is 6. The molecule has 2 unspecified atom stereocenters. The molecule has 0 aliphatic rings. The van der Waals surface area contributed by atoms with E-state index in [1.54, 1.807) is 0 Å². The van der Waals surface area contributed by atoms with E-state index in [0.717, 1.165) is 12.1 Å². The lowest BCUT2D eigenvalue weighted by Crippen LogP contribution is -2.39. The van der Waals surface area contributed by atoms with Crippen LogP contribution in [-0.4, -0.2) is 23.9 Å². The molecule has 2 nitrogen and oxygen atoms in total. The fourth-order valence-electron chi connectivity index (χ4n) is 1.48. The topological polar surface area (TPSA) is 32.3 Å². The van der Waals surface area contributed by atoms with Crippen molar-refractivity contribution in [2.75, 3.05) is 6.54 Å². The van der Waals surface area contributed by atoms with Crippen molar-refractivity contribution in [1.82, 2.24) is 5.32 Å². The van der Waals surface area contributed by atoms with Crippen LogP contribution in [0.25, 0.3) is 0 Å². The number of aliphatic hydroxyl groups is 1. The van der Waals surface area contributed by atoms with E-state index in [2.05, 4.69) is 5.32 Å². The largest absolute Gasteiger partial charge is 0.416 e. The van der Waals surface area contributed by atoms with Crippen molar-refractivity contribution in [3.8, 4) is 0 Å². The lowest BCUT2D eigenvalue weighted by Gasteiger charge is -2.19. The van der Waals surface area contributed by atoms with Crippen LogP contribution in [0.4, 0.5) is 26.3 Å². The third-order valence-electron chi connectivity index (χ3n) is 2.73. The Morgan fingerprint density at radius 2 is 1.55 bits per heavy atom. The Bertz CT molecular complexity index is 425. The van der Waals surface area contributed by atoms with Gasteiger partial charge in [0.05, 0.1) is 5.56 Å². The summed E-state index contributed by atoms with van der Waals surface area (Å²) in [5, 5.41) is 11.2. The Kier molecular flexibility index (Phi) is 5.04. The Hall–Kier alpha value is -1.28. The Balaban J connectivity index is 2.63. The Labute approximate surface area is 111 Å². The molecule has 8 heteroatoms. The van der Waals surface area contributed by atoms with E-state index in [1.165, 1.54) is 19.1 Å². The molecule has 1 rings (SSSR count). The van der Waals surface area contributed by atoms with E-state index in [-0.39, 0.29) is 0 Å². The first-order valence-electron chi connectivity index (χ1n) is 5.67. The highest BCUT2D eigenvalue weighted by molar-refractivity contribution is 5.26. The van der Waals surface area contributed by atoms with Gasteiger partial charge in [0.15, 0.2) is 6.10 Å². The molecule has 0 bridgehead atoms. The molecule has 0 amide bonds. The van der Waals surface area contributed by atoms with Gasteiger partial charge in [-0.3, -0.25) is 0 Å². The maximum atomic E-state index is 12.3. The van der Waals surface area contributed by atoms with Crippen LogP contribution >= 0.6 is 0 Å². The quantitative estimate of drug-likeness (QED) is 0.837. The van der Waals surface area contributed by atoms with Crippen molar-refractivity contribution in [3.63, 3.8) is 0 Å². The molecule has 0 aromatic heterocycles. The second-order valence-electron chi connectivity index (χ2n) is 4.31. The summed E-state index contributed by atoms with van der Waals surface area (Å²) in [4.78, 5) is 0. The van der Waals surface area contributed by atoms with Gasteiger partial charge in [0, 0.05) is 12.6 Å². The van der Waals surface area contributed by atoms with Gasteiger partial charge in [-0.15, -0.1) is 0 Å². The lowest BCUT2D eigenvalue weighted by molar-refractivity contribution is -0.202. The van der Waals surface area contributed by atoms with E-state index in [9.17, 15) is 26.3 Å². The summed E-state index contributed by atoms with van der Waals surface area (Å²) in [6, 6.07) is 3.46. The van der Waals surface area contributed by atoms with Crippen molar-refractivity contribution in [1.29, 1.82) is 0 Å². The molecule has 0 fully saturated rings. The van der Waals surface area contributed by atoms with Gasteiger partial charge in [-0.25, -0.2) is 0 Å². The van der Waals surface area contributed by atoms with Gasteiger partial charge in [0.25, 0.3) is 0 Å². The van der Waals surface area contributed by atoms with Gasteiger partial charge in [-0.1, -0.05) is 12.1 Å². The highest BCUT2D eigenvalue weighted by Gasteiger charge is 2.38. The maximum Gasteiger partial charge on any atom is 0.416 e. The zero-order chi connectivity index (χ0) is 15.6. The molecule has 114 valence electrons. The fourth-order valence-corrected chi connectivity index (χ4v) is 1.48. The van der Waals surface area contributed by atoms with Gasteiger partial charge < -0.3 is 10.4 Å². The molecule has 0 aliphatic heterocycles. The van der Waals surface area contributed by atoms with Crippen LogP contribution in [-0.2, 0) is 6.18 Å². The Morgan fingerprint density at radius 3 is 1.95 bits per heavy atom. The molecule has 0 spiro atoms. The van der Waals surface area contributed by atoms with Crippen molar-refractivity contribution < 1.29 is 31.4 Å². The van der Waals surface area contributed by atoms with Crippen molar-refractivity contribution in [2.24, 2.45) is 0 Å². The molecule has 0 saturated heterocycles. The average molecular weight is 301 g/mol. The minimum Gasteiger partial charge on any atom is -0.382 e. The number of benzene rings is 1. The summed E-state index contributed by atoms with van der Waals surface area (Å²) in [5.74, 6) is 0. The molecule has 0 heterocycles. The fraction of sp³-hybridized carbons (Fsp3) is 0.500. The molecule has 0 radical (unpaired) electrons. The molecule has 1 aromatic carbocycles. The zero-order valence-electron chi connectivity index (χ0n) is 10.4. The first-order chi connectivity index (χ1) is 9.01. The summed E-state index contributed by atoms with van der Waals surface area (Å²) in [6.45, 7) is 0.761. The van der Waals surface area contributed by atoms with Crippen LogP contribution < -0.4 is 5.32 Å². The molecular weight excluding hydrogens is 288 g/mol. The van der Waals surface area contributed by atoms with Crippen molar-refractivity contribution in [3.05, 3.63) is 35.4 Å². The Morgan fingerprint density at radius 1 is 1.05 bits per heavy atom. The molecule has 2 atom stereocenters. The number of aliphatic hydroxyl groups excluding tert-OH is 1. The smallest absolute Gasteiger partial charge is 0.382 e. The third kappa shape index (κ3) is 4.68. The first-order valence-corrected chi connectivity index (χ1v) is 5.67. The molecule has 1 aromatic rings. The van der Waals surface area contributed by atoms with Gasteiger partial charge in [-0.05, 0) is 24.6 Å². The number of nitrogens with one attached hydrogen (secondary N) is 1. The van der Waals surface area contributed by atoms with Crippen LogP contribution in [0, 0.1) is 0 Å². The van der Waals surface area contributed by atoms with Crippen LogP contribution in [0.5, 0.6) is 0 Å². The minimum absolute atomic E-state index is 0.396. The number of rotatable bonds is 4. The number of alkyl halides is 6. The summed E-state index contributed by atoms with van der Waals surface area (Å²) in [6.07, 6.45) is -11.7. The molecule has 2 N–H and O–H groups in total. The van der Waals surface area contributed by atoms with Gasteiger partial charge in [-0.2, -0.15) is 26.3 Å². The van der Waals surface area contributed by atoms with E-state index >= 15 is 0 Å². The summed E-state index contributed by atoms with van der Waals surface area (Å²) >= 11 is 0. The van der Waals surface area contributed by atoms with Crippen molar-refractivity contribution in [2.45, 2.75) is 31.4 Å². The predicted octanol–water partition coefficient (Wildman–Crippen LogP) is 3.28.